The quantitative estimate of drug-likeness (QED) is 0.904. The molecule has 106 valence electrons. The molecule has 1 aromatic carbocycles. The largest absolute Gasteiger partial charge is 0.400 e. The van der Waals surface area contributed by atoms with Crippen LogP contribution in [0.1, 0.15) is 30.0 Å². The lowest BCUT2D eigenvalue weighted by molar-refractivity contribution is 0.417. The number of rotatable bonds is 3. The Morgan fingerprint density at radius 1 is 1.35 bits per heavy atom. The van der Waals surface area contributed by atoms with Crippen molar-refractivity contribution in [3.63, 3.8) is 0 Å². The molecule has 0 aliphatic carbocycles. The highest BCUT2D eigenvalue weighted by Crippen LogP contribution is 2.26. The third-order valence-electron chi connectivity index (χ3n) is 3.71. The Morgan fingerprint density at radius 2 is 2.10 bits per heavy atom. The van der Waals surface area contributed by atoms with E-state index in [1.807, 2.05) is 0 Å². The molecule has 0 spiro atoms. The second-order valence-electron chi connectivity index (χ2n) is 5.48. The summed E-state index contributed by atoms with van der Waals surface area (Å²) in [7, 11) is 2.08. The van der Waals surface area contributed by atoms with Crippen LogP contribution in [0.4, 0.5) is 0 Å². The highest BCUT2D eigenvalue weighted by atomic mass is 15.1. The van der Waals surface area contributed by atoms with Crippen molar-refractivity contribution in [3.8, 4) is 0 Å². The van der Waals surface area contributed by atoms with Gasteiger partial charge in [0.2, 0.25) is 0 Å². The van der Waals surface area contributed by atoms with Crippen LogP contribution in [0.15, 0.2) is 48.3 Å². The minimum Gasteiger partial charge on any atom is -0.400 e. The van der Waals surface area contributed by atoms with E-state index in [0.717, 1.165) is 12.1 Å². The Kier molecular flexibility index (Phi) is 4.33. The van der Waals surface area contributed by atoms with E-state index in [-0.39, 0.29) is 6.04 Å². The molecule has 0 saturated carbocycles. The monoisotopic (exact) mass is 268 g/mol. The Labute approximate surface area is 122 Å². The maximum absolute atomic E-state index is 6.12. The molecule has 1 atom stereocenters. The summed E-state index contributed by atoms with van der Waals surface area (Å²) in [6, 6.07) is 6.75. The third-order valence-corrected chi connectivity index (χ3v) is 3.71. The summed E-state index contributed by atoms with van der Waals surface area (Å²) in [5.74, 6) is 0. The van der Waals surface area contributed by atoms with Gasteiger partial charge in [-0.1, -0.05) is 48.9 Å². The van der Waals surface area contributed by atoms with Gasteiger partial charge in [-0.3, -0.25) is 0 Å². The highest BCUT2D eigenvalue weighted by molar-refractivity contribution is 5.77. The molecule has 20 heavy (non-hydrogen) atoms. The molecule has 1 heterocycles. The number of allylic oxidation sites excluding steroid dienone is 3. The van der Waals surface area contributed by atoms with Crippen molar-refractivity contribution in [1.82, 2.24) is 4.90 Å². The van der Waals surface area contributed by atoms with Crippen LogP contribution in [-0.4, -0.2) is 18.0 Å². The molecule has 2 heteroatoms. The van der Waals surface area contributed by atoms with Crippen LogP contribution < -0.4 is 5.73 Å². The lowest BCUT2D eigenvalue weighted by Gasteiger charge is -2.29. The van der Waals surface area contributed by atoms with Crippen LogP contribution in [0.3, 0.4) is 0 Å². The molecule has 2 nitrogen and oxygen atoms in total. The first-order valence-electron chi connectivity index (χ1n) is 7.18. The fourth-order valence-electron chi connectivity index (χ4n) is 2.67. The molecule has 0 fully saturated rings. The van der Waals surface area contributed by atoms with Crippen molar-refractivity contribution in [3.05, 3.63) is 65.0 Å². The SMILES string of the molecule is CC/C=C(\N)C1C=CC(c2ccc(C)cc2C)=CN1C. The minimum atomic E-state index is 0.171. The molecular weight excluding hydrogens is 244 g/mol. The average molecular weight is 268 g/mol. The number of hydrogen-bond acceptors (Lipinski definition) is 2. The molecule has 2 rings (SSSR count). The number of nitrogens with zero attached hydrogens (tertiary/aromatic N) is 1. The summed E-state index contributed by atoms with van der Waals surface area (Å²) >= 11 is 0. The fraction of sp³-hybridized carbons (Fsp3) is 0.333. The van der Waals surface area contributed by atoms with Gasteiger partial charge in [-0.15, -0.1) is 0 Å². The maximum atomic E-state index is 6.12. The van der Waals surface area contributed by atoms with Gasteiger partial charge in [0.15, 0.2) is 0 Å². The lowest BCUT2D eigenvalue weighted by atomic mass is 9.96. The summed E-state index contributed by atoms with van der Waals surface area (Å²) < 4.78 is 0. The number of likely N-dealkylation sites (N-methyl/N-ethyl adjacent to an activating group) is 1. The van der Waals surface area contributed by atoms with E-state index < -0.39 is 0 Å². The summed E-state index contributed by atoms with van der Waals surface area (Å²) in [4.78, 5) is 2.18. The van der Waals surface area contributed by atoms with Crippen LogP contribution >= 0.6 is 0 Å². The molecule has 1 aliphatic heterocycles. The Hall–Kier alpha value is -1.96. The van der Waals surface area contributed by atoms with Crippen molar-refractivity contribution < 1.29 is 0 Å². The number of hydrogen-bond donors (Lipinski definition) is 1. The third kappa shape index (κ3) is 2.96. The molecule has 1 aromatic rings. The van der Waals surface area contributed by atoms with Gasteiger partial charge in [0, 0.05) is 18.9 Å². The van der Waals surface area contributed by atoms with Gasteiger partial charge in [-0.2, -0.15) is 0 Å². The molecule has 1 aliphatic rings. The number of aryl methyl sites for hydroxylation is 2. The fourth-order valence-corrected chi connectivity index (χ4v) is 2.67. The molecule has 1 unspecified atom stereocenters. The van der Waals surface area contributed by atoms with Gasteiger partial charge in [0.05, 0.1) is 6.04 Å². The number of nitrogens with two attached hydrogens (primary N) is 1. The van der Waals surface area contributed by atoms with Crippen LogP contribution in [0.25, 0.3) is 5.57 Å². The second-order valence-corrected chi connectivity index (χ2v) is 5.48. The van der Waals surface area contributed by atoms with Crippen LogP contribution in [-0.2, 0) is 0 Å². The van der Waals surface area contributed by atoms with E-state index in [2.05, 4.69) is 75.3 Å². The predicted molar refractivity (Wildman–Crippen MR) is 87.1 cm³/mol. The molecular formula is C18H24N2. The topological polar surface area (TPSA) is 29.3 Å². The maximum Gasteiger partial charge on any atom is 0.0861 e. The van der Waals surface area contributed by atoms with E-state index in [9.17, 15) is 0 Å². The molecule has 2 N–H and O–H groups in total. The minimum absolute atomic E-state index is 0.171. The Morgan fingerprint density at radius 3 is 2.70 bits per heavy atom. The van der Waals surface area contributed by atoms with Gasteiger partial charge in [0.1, 0.15) is 0 Å². The van der Waals surface area contributed by atoms with E-state index in [4.69, 9.17) is 5.73 Å². The second kappa shape index (κ2) is 6.00. The van der Waals surface area contributed by atoms with Crippen molar-refractivity contribution >= 4 is 5.57 Å². The van der Waals surface area contributed by atoms with Gasteiger partial charge in [0.25, 0.3) is 0 Å². The molecule has 0 amide bonds. The van der Waals surface area contributed by atoms with Gasteiger partial charge < -0.3 is 10.6 Å². The first-order chi connectivity index (χ1) is 9.52. The normalized spacial score (nSPS) is 19.2. The summed E-state index contributed by atoms with van der Waals surface area (Å²) in [5, 5.41) is 0. The zero-order valence-electron chi connectivity index (χ0n) is 12.9. The van der Waals surface area contributed by atoms with Crippen LogP contribution in [0.5, 0.6) is 0 Å². The number of benzene rings is 1. The average Bonchev–Trinajstić information content (AvgIpc) is 2.38. The van der Waals surface area contributed by atoms with E-state index in [0.29, 0.717) is 0 Å². The highest BCUT2D eigenvalue weighted by Gasteiger charge is 2.17. The van der Waals surface area contributed by atoms with Crippen molar-refractivity contribution in [2.45, 2.75) is 33.2 Å². The van der Waals surface area contributed by atoms with Crippen LogP contribution in [0.2, 0.25) is 0 Å². The molecule has 0 radical (unpaired) electrons. The molecule has 0 bridgehead atoms. The Balaban J connectivity index is 2.28. The first-order valence-corrected chi connectivity index (χ1v) is 7.18. The van der Waals surface area contributed by atoms with Gasteiger partial charge in [-0.25, -0.2) is 0 Å². The summed E-state index contributed by atoms with van der Waals surface area (Å²) in [6.07, 6.45) is 9.59. The first kappa shape index (κ1) is 14.4. The smallest absolute Gasteiger partial charge is 0.0861 e. The van der Waals surface area contributed by atoms with Gasteiger partial charge >= 0.3 is 0 Å². The van der Waals surface area contributed by atoms with E-state index >= 15 is 0 Å². The predicted octanol–water partition coefficient (Wildman–Crippen LogP) is 3.77. The summed E-state index contributed by atoms with van der Waals surface area (Å²) in [5.41, 5.74) is 12.2. The van der Waals surface area contributed by atoms with Gasteiger partial charge in [-0.05, 0) is 37.0 Å². The standard InChI is InChI=1S/C18H24N2/c1-5-6-17(19)18-10-8-15(12-20(18)4)16-9-7-13(2)11-14(16)3/h6-12,18H,5,19H2,1-4H3/b17-6-. The van der Waals surface area contributed by atoms with E-state index in [1.54, 1.807) is 0 Å². The zero-order valence-corrected chi connectivity index (χ0v) is 12.9. The molecule has 0 aromatic heterocycles. The lowest BCUT2D eigenvalue weighted by Crippen LogP contribution is -2.32. The zero-order chi connectivity index (χ0) is 14.7. The van der Waals surface area contributed by atoms with Crippen molar-refractivity contribution in [2.24, 2.45) is 5.73 Å². The Bertz CT molecular complexity index is 579. The molecule has 0 saturated heterocycles. The van der Waals surface area contributed by atoms with Crippen molar-refractivity contribution in [1.29, 1.82) is 0 Å². The van der Waals surface area contributed by atoms with Crippen molar-refractivity contribution in [2.75, 3.05) is 7.05 Å². The van der Waals surface area contributed by atoms with E-state index in [1.165, 1.54) is 22.3 Å². The van der Waals surface area contributed by atoms with Crippen LogP contribution in [0, 0.1) is 13.8 Å². The summed E-state index contributed by atoms with van der Waals surface area (Å²) in [6.45, 7) is 6.39.